The van der Waals surface area contributed by atoms with Gasteiger partial charge in [0.05, 0.1) is 4.90 Å². The standard InChI is InChI=1S/C20H27N3O3S.ClH/c1-15(2)19(16-7-4-3-5-8-16)14-20(24)23-17-9-6-10-18(13-17)27(25,26)22-12-11-21;/h3-10,13,15,19,22H,11-12,14,21H2,1-2H3,(H,23,24);1H. The van der Waals surface area contributed by atoms with Crippen molar-refractivity contribution in [1.29, 1.82) is 0 Å². The summed E-state index contributed by atoms with van der Waals surface area (Å²) in [6.07, 6.45) is 0.323. The number of halogens is 1. The van der Waals surface area contributed by atoms with Gasteiger partial charge in [0.15, 0.2) is 0 Å². The van der Waals surface area contributed by atoms with Crippen molar-refractivity contribution in [1.82, 2.24) is 4.72 Å². The van der Waals surface area contributed by atoms with Crippen LogP contribution in [-0.2, 0) is 14.8 Å². The molecular weight excluding hydrogens is 398 g/mol. The number of nitrogens with two attached hydrogens (primary N) is 1. The highest BCUT2D eigenvalue weighted by atomic mass is 35.5. The number of benzene rings is 2. The van der Waals surface area contributed by atoms with E-state index in [-0.39, 0.29) is 42.2 Å². The molecule has 0 saturated heterocycles. The second-order valence-corrected chi connectivity index (χ2v) is 8.49. The molecule has 0 fully saturated rings. The zero-order valence-electron chi connectivity index (χ0n) is 16.1. The molecule has 0 aliphatic heterocycles. The molecule has 4 N–H and O–H groups in total. The van der Waals surface area contributed by atoms with Gasteiger partial charge in [-0.1, -0.05) is 50.2 Å². The van der Waals surface area contributed by atoms with E-state index < -0.39 is 10.0 Å². The summed E-state index contributed by atoms with van der Waals surface area (Å²) in [5.74, 6) is 0.233. The highest BCUT2D eigenvalue weighted by Crippen LogP contribution is 2.28. The predicted octanol–water partition coefficient (Wildman–Crippen LogP) is 3.11. The van der Waals surface area contributed by atoms with Crippen molar-refractivity contribution < 1.29 is 13.2 Å². The summed E-state index contributed by atoms with van der Waals surface area (Å²) in [5, 5.41) is 2.81. The van der Waals surface area contributed by atoms with Crippen molar-refractivity contribution in [3.8, 4) is 0 Å². The van der Waals surface area contributed by atoms with E-state index in [1.165, 1.54) is 12.1 Å². The monoisotopic (exact) mass is 425 g/mol. The molecule has 0 bridgehead atoms. The Morgan fingerprint density at radius 2 is 1.75 bits per heavy atom. The molecule has 28 heavy (non-hydrogen) atoms. The number of hydrogen-bond acceptors (Lipinski definition) is 4. The Morgan fingerprint density at radius 3 is 2.36 bits per heavy atom. The smallest absolute Gasteiger partial charge is 0.240 e. The number of anilines is 1. The largest absolute Gasteiger partial charge is 0.329 e. The quantitative estimate of drug-likeness (QED) is 0.574. The van der Waals surface area contributed by atoms with Gasteiger partial charge in [0.25, 0.3) is 0 Å². The lowest BCUT2D eigenvalue weighted by atomic mass is 9.85. The lowest BCUT2D eigenvalue weighted by Crippen LogP contribution is -2.29. The summed E-state index contributed by atoms with van der Waals surface area (Å²) >= 11 is 0. The number of hydrogen-bond donors (Lipinski definition) is 3. The normalized spacial score (nSPS) is 12.3. The minimum absolute atomic E-state index is 0. The maximum atomic E-state index is 12.5. The van der Waals surface area contributed by atoms with E-state index in [2.05, 4.69) is 23.9 Å². The third-order valence-corrected chi connectivity index (χ3v) is 5.76. The third-order valence-electron chi connectivity index (χ3n) is 4.30. The van der Waals surface area contributed by atoms with Crippen molar-refractivity contribution in [3.63, 3.8) is 0 Å². The molecule has 1 atom stereocenters. The molecule has 0 spiro atoms. The number of rotatable bonds is 9. The molecule has 0 aliphatic rings. The van der Waals surface area contributed by atoms with Gasteiger partial charge in [-0.25, -0.2) is 13.1 Å². The number of carbonyl (C=O) groups excluding carboxylic acids is 1. The fraction of sp³-hybridized carbons (Fsp3) is 0.350. The second kappa shape index (κ2) is 11.2. The zero-order chi connectivity index (χ0) is 19.9. The lowest BCUT2D eigenvalue weighted by molar-refractivity contribution is -0.116. The molecule has 1 unspecified atom stereocenters. The Morgan fingerprint density at radius 1 is 1.07 bits per heavy atom. The van der Waals surface area contributed by atoms with E-state index in [1.54, 1.807) is 12.1 Å². The van der Waals surface area contributed by atoms with Crippen molar-refractivity contribution in [2.75, 3.05) is 18.4 Å². The van der Waals surface area contributed by atoms with Gasteiger partial charge in [0, 0.05) is 25.2 Å². The van der Waals surface area contributed by atoms with Crippen LogP contribution in [0.5, 0.6) is 0 Å². The predicted molar refractivity (Wildman–Crippen MR) is 115 cm³/mol. The number of sulfonamides is 1. The van der Waals surface area contributed by atoms with Gasteiger partial charge in [-0.15, -0.1) is 12.4 Å². The van der Waals surface area contributed by atoms with E-state index in [1.807, 2.05) is 30.3 Å². The fourth-order valence-corrected chi connectivity index (χ4v) is 3.96. The van der Waals surface area contributed by atoms with Gasteiger partial charge in [-0.05, 0) is 35.6 Å². The summed E-state index contributed by atoms with van der Waals surface area (Å²) in [6, 6.07) is 16.1. The van der Waals surface area contributed by atoms with Crippen molar-refractivity contribution in [3.05, 3.63) is 60.2 Å². The van der Waals surface area contributed by atoms with E-state index in [9.17, 15) is 13.2 Å². The van der Waals surface area contributed by atoms with E-state index in [4.69, 9.17) is 5.73 Å². The van der Waals surface area contributed by atoms with Crippen LogP contribution in [0.15, 0.2) is 59.5 Å². The fourth-order valence-electron chi connectivity index (χ4n) is 2.87. The SMILES string of the molecule is CC(C)C(CC(=O)Nc1cccc(S(=O)(=O)NCCN)c1)c1ccccc1.Cl. The summed E-state index contributed by atoms with van der Waals surface area (Å²) in [5.41, 5.74) is 6.91. The summed E-state index contributed by atoms with van der Waals surface area (Å²) in [7, 11) is -3.64. The van der Waals surface area contributed by atoms with Crippen LogP contribution in [0.4, 0.5) is 5.69 Å². The molecule has 2 rings (SSSR count). The van der Waals surface area contributed by atoms with E-state index in [0.717, 1.165) is 5.56 Å². The first kappa shape index (κ1) is 24.1. The zero-order valence-corrected chi connectivity index (χ0v) is 17.7. The Balaban J connectivity index is 0.00000392. The molecule has 0 aliphatic carbocycles. The van der Waals surface area contributed by atoms with Crippen molar-refractivity contribution in [2.45, 2.75) is 31.1 Å². The Bertz CT molecular complexity index is 858. The highest BCUT2D eigenvalue weighted by Gasteiger charge is 2.20. The molecule has 6 nitrogen and oxygen atoms in total. The van der Waals surface area contributed by atoms with Crippen LogP contribution < -0.4 is 15.8 Å². The van der Waals surface area contributed by atoms with E-state index >= 15 is 0 Å². The average Bonchev–Trinajstić information content (AvgIpc) is 2.65. The van der Waals surface area contributed by atoms with E-state index in [0.29, 0.717) is 18.0 Å². The first-order valence-corrected chi connectivity index (χ1v) is 10.5. The van der Waals surface area contributed by atoms with Crippen LogP contribution in [0, 0.1) is 5.92 Å². The van der Waals surface area contributed by atoms with Gasteiger partial charge < -0.3 is 11.1 Å². The van der Waals surface area contributed by atoms with Crippen LogP contribution in [0.3, 0.4) is 0 Å². The van der Waals surface area contributed by atoms with Crippen LogP contribution in [0.25, 0.3) is 0 Å². The molecular formula is C20H28ClN3O3S. The van der Waals surface area contributed by atoms with Crippen LogP contribution in [-0.4, -0.2) is 27.4 Å². The van der Waals surface area contributed by atoms with Gasteiger partial charge >= 0.3 is 0 Å². The first-order chi connectivity index (χ1) is 12.8. The topological polar surface area (TPSA) is 101 Å². The molecule has 8 heteroatoms. The van der Waals surface area contributed by atoms with Crippen molar-refractivity contribution in [2.24, 2.45) is 11.7 Å². The maximum Gasteiger partial charge on any atom is 0.240 e. The lowest BCUT2D eigenvalue weighted by Gasteiger charge is -2.21. The molecule has 2 aromatic carbocycles. The molecule has 1 amide bonds. The molecule has 0 heterocycles. The average molecular weight is 426 g/mol. The third kappa shape index (κ3) is 6.91. The van der Waals surface area contributed by atoms with Gasteiger partial charge in [-0.3, -0.25) is 4.79 Å². The maximum absolute atomic E-state index is 12.5. The molecule has 0 aromatic heterocycles. The van der Waals surface area contributed by atoms with Crippen molar-refractivity contribution >= 4 is 34.0 Å². The Labute approximate surface area is 173 Å². The molecule has 154 valence electrons. The molecule has 0 saturated carbocycles. The van der Waals surface area contributed by atoms with Gasteiger partial charge in [0.1, 0.15) is 0 Å². The summed E-state index contributed by atoms with van der Waals surface area (Å²) in [6.45, 7) is 4.54. The Kier molecular flexibility index (Phi) is 9.61. The first-order valence-electron chi connectivity index (χ1n) is 8.98. The Hall–Kier alpha value is -1.93. The number of amides is 1. The summed E-state index contributed by atoms with van der Waals surface area (Å²) < 4.78 is 26.8. The summed E-state index contributed by atoms with van der Waals surface area (Å²) in [4.78, 5) is 12.6. The van der Waals surface area contributed by atoms with Crippen LogP contribution >= 0.6 is 12.4 Å². The van der Waals surface area contributed by atoms with Gasteiger partial charge in [-0.2, -0.15) is 0 Å². The van der Waals surface area contributed by atoms with Gasteiger partial charge in [0.2, 0.25) is 15.9 Å². The number of nitrogens with one attached hydrogen (secondary N) is 2. The molecule has 2 aromatic rings. The second-order valence-electron chi connectivity index (χ2n) is 6.73. The van der Waals surface area contributed by atoms with Crippen LogP contribution in [0.2, 0.25) is 0 Å². The minimum Gasteiger partial charge on any atom is -0.329 e. The minimum atomic E-state index is -3.64. The van der Waals surface area contributed by atoms with Crippen LogP contribution in [0.1, 0.15) is 31.7 Å². The highest BCUT2D eigenvalue weighted by molar-refractivity contribution is 7.89. The number of carbonyl (C=O) groups is 1. The molecule has 0 radical (unpaired) electrons.